The molecule has 0 aromatic heterocycles. The molecular weight excluding hydrogens is 226 g/mol. The third-order valence-corrected chi connectivity index (χ3v) is 3.10. The Morgan fingerprint density at radius 1 is 1.38 bits per heavy atom. The summed E-state index contributed by atoms with van der Waals surface area (Å²) in [6.45, 7) is 0. The zero-order valence-corrected chi connectivity index (χ0v) is 9.67. The molecule has 2 N–H and O–H groups in total. The molecule has 3 nitrogen and oxygen atoms in total. The fraction of sp³-hybridized carbons (Fsp3) is 0.417. The third-order valence-electron chi connectivity index (χ3n) is 2.79. The number of nitrogen functional groups attached to an aromatic ring is 1. The Morgan fingerprint density at radius 2 is 2.06 bits per heavy atom. The molecule has 0 spiro atoms. The summed E-state index contributed by atoms with van der Waals surface area (Å²) in [5.41, 5.74) is 6.49. The first-order chi connectivity index (χ1) is 7.66. The van der Waals surface area contributed by atoms with Crippen LogP contribution in [0.4, 0.5) is 5.69 Å². The number of nitrogens with two attached hydrogens (primary N) is 1. The van der Waals surface area contributed by atoms with Crippen LogP contribution in [0.1, 0.15) is 36.0 Å². The van der Waals surface area contributed by atoms with Crippen molar-refractivity contribution in [3.05, 3.63) is 28.8 Å². The minimum atomic E-state index is -0.350. The van der Waals surface area contributed by atoms with E-state index in [0.29, 0.717) is 16.3 Å². The summed E-state index contributed by atoms with van der Waals surface area (Å²) >= 11 is 5.93. The Bertz CT molecular complexity index is 400. The highest BCUT2D eigenvalue weighted by Crippen LogP contribution is 2.25. The molecule has 1 fully saturated rings. The van der Waals surface area contributed by atoms with Crippen LogP contribution in [-0.4, -0.2) is 12.1 Å². The molecule has 4 heteroatoms. The van der Waals surface area contributed by atoms with Crippen molar-refractivity contribution in [2.24, 2.45) is 0 Å². The van der Waals surface area contributed by atoms with Gasteiger partial charge in [-0.1, -0.05) is 11.6 Å². The summed E-state index contributed by atoms with van der Waals surface area (Å²) in [6, 6.07) is 4.82. The highest BCUT2D eigenvalue weighted by atomic mass is 35.5. The topological polar surface area (TPSA) is 52.3 Å². The van der Waals surface area contributed by atoms with Gasteiger partial charge in [0.05, 0.1) is 10.6 Å². The van der Waals surface area contributed by atoms with Crippen molar-refractivity contribution in [2.45, 2.75) is 31.8 Å². The monoisotopic (exact) mass is 239 g/mol. The van der Waals surface area contributed by atoms with Crippen LogP contribution in [0.5, 0.6) is 0 Å². The molecule has 0 radical (unpaired) electrons. The molecule has 0 heterocycles. The normalized spacial score (nSPS) is 16.3. The predicted molar refractivity (Wildman–Crippen MR) is 63.5 cm³/mol. The Kier molecular flexibility index (Phi) is 3.34. The molecule has 1 aromatic rings. The minimum Gasteiger partial charge on any atom is -0.459 e. The van der Waals surface area contributed by atoms with Gasteiger partial charge in [0.1, 0.15) is 6.10 Å². The fourth-order valence-electron chi connectivity index (χ4n) is 1.92. The van der Waals surface area contributed by atoms with Crippen LogP contribution in [-0.2, 0) is 4.74 Å². The lowest BCUT2D eigenvalue weighted by atomic mass is 10.2. The van der Waals surface area contributed by atoms with Crippen molar-refractivity contribution in [1.82, 2.24) is 0 Å². The lowest BCUT2D eigenvalue weighted by Crippen LogP contribution is -2.15. The lowest BCUT2D eigenvalue weighted by molar-refractivity contribution is 0.0318. The Hall–Kier alpha value is -1.22. The number of ether oxygens (including phenoxy) is 1. The standard InChI is InChI=1S/C12H14ClNO2/c13-11-7-8(14)5-6-10(11)12(15)16-9-3-1-2-4-9/h5-7,9H,1-4,14H2. The number of rotatable bonds is 2. The fourth-order valence-corrected chi connectivity index (χ4v) is 2.18. The molecule has 86 valence electrons. The quantitative estimate of drug-likeness (QED) is 0.638. The smallest absolute Gasteiger partial charge is 0.339 e. The Balaban J connectivity index is 2.08. The van der Waals surface area contributed by atoms with Gasteiger partial charge in [0.2, 0.25) is 0 Å². The van der Waals surface area contributed by atoms with E-state index in [-0.39, 0.29) is 12.1 Å². The van der Waals surface area contributed by atoms with E-state index in [9.17, 15) is 4.79 Å². The second-order valence-electron chi connectivity index (χ2n) is 4.05. The molecule has 0 saturated heterocycles. The molecule has 2 rings (SSSR count). The van der Waals surface area contributed by atoms with E-state index in [4.69, 9.17) is 22.1 Å². The van der Waals surface area contributed by atoms with Crippen LogP contribution in [0.15, 0.2) is 18.2 Å². The number of benzene rings is 1. The molecule has 1 aliphatic rings. The van der Waals surface area contributed by atoms with Crippen LogP contribution in [0.25, 0.3) is 0 Å². The Morgan fingerprint density at radius 3 is 2.69 bits per heavy atom. The van der Waals surface area contributed by atoms with Gasteiger partial charge in [0.15, 0.2) is 0 Å². The molecule has 1 saturated carbocycles. The maximum Gasteiger partial charge on any atom is 0.339 e. The minimum absolute atomic E-state index is 0.0566. The Labute approximate surface area is 99.5 Å². The number of hydrogen-bond donors (Lipinski definition) is 1. The predicted octanol–water partition coefficient (Wildman–Crippen LogP) is 3.02. The number of hydrogen-bond acceptors (Lipinski definition) is 3. The second kappa shape index (κ2) is 4.74. The van der Waals surface area contributed by atoms with Gasteiger partial charge in [-0.05, 0) is 43.9 Å². The van der Waals surface area contributed by atoms with Crippen molar-refractivity contribution in [3.63, 3.8) is 0 Å². The van der Waals surface area contributed by atoms with Crippen LogP contribution in [0.3, 0.4) is 0 Å². The van der Waals surface area contributed by atoms with Crippen LogP contribution in [0, 0.1) is 0 Å². The van der Waals surface area contributed by atoms with Gasteiger partial charge < -0.3 is 10.5 Å². The van der Waals surface area contributed by atoms with E-state index >= 15 is 0 Å². The number of halogens is 1. The summed E-state index contributed by atoms with van der Waals surface area (Å²) in [6.07, 6.45) is 4.23. The van der Waals surface area contributed by atoms with Gasteiger partial charge in [-0.25, -0.2) is 4.79 Å². The highest BCUT2D eigenvalue weighted by molar-refractivity contribution is 6.33. The first kappa shape index (κ1) is 11.3. The maximum absolute atomic E-state index is 11.8. The number of esters is 1. The maximum atomic E-state index is 11.8. The SMILES string of the molecule is Nc1ccc(C(=O)OC2CCCC2)c(Cl)c1. The molecule has 0 amide bonds. The molecule has 1 aromatic carbocycles. The van der Waals surface area contributed by atoms with Gasteiger partial charge in [-0.3, -0.25) is 0 Å². The van der Waals surface area contributed by atoms with E-state index in [1.165, 1.54) is 0 Å². The average Bonchev–Trinajstić information content (AvgIpc) is 2.70. The summed E-state index contributed by atoms with van der Waals surface area (Å²) in [4.78, 5) is 11.8. The summed E-state index contributed by atoms with van der Waals surface area (Å²) in [5, 5.41) is 0.350. The van der Waals surface area contributed by atoms with Crippen molar-refractivity contribution in [3.8, 4) is 0 Å². The van der Waals surface area contributed by atoms with Gasteiger partial charge in [-0.2, -0.15) is 0 Å². The van der Waals surface area contributed by atoms with E-state index < -0.39 is 0 Å². The van der Waals surface area contributed by atoms with Gasteiger partial charge >= 0.3 is 5.97 Å². The van der Waals surface area contributed by atoms with E-state index in [0.717, 1.165) is 25.7 Å². The third kappa shape index (κ3) is 2.47. The second-order valence-corrected chi connectivity index (χ2v) is 4.46. The van der Waals surface area contributed by atoms with E-state index in [2.05, 4.69) is 0 Å². The van der Waals surface area contributed by atoms with Crippen LogP contribution in [0.2, 0.25) is 5.02 Å². The number of carbonyl (C=O) groups is 1. The van der Waals surface area contributed by atoms with Gasteiger partial charge in [-0.15, -0.1) is 0 Å². The summed E-state index contributed by atoms with van der Waals surface area (Å²) in [5.74, 6) is -0.350. The first-order valence-corrected chi connectivity index (χ1v) is 5.80. The summed E-state index contributed by atoms with van der Waals surface area (Å²) < 4.78 is 5.35. The molecule has 1 aliphatic carbocycles. The van der Waals surface area contributed by atoms with Crippen LogP contribution >= 0.6 is 11.6 Å². The largest absolute Gasteiger partial charge is 0.459 e. The molecule has 0 unspecified atom stereocenters. The van der Waals surface area contributed by atoms with Crippen molar-refractivity contribution < 1.29 is 9.53 Å². The molecule has 0 atom stereocenters. The van der Waals surface area contributed by atoms with Gasteiger partial charge in [0, 0.05) is 5.69 Å². The first-order valence-electron chi connectivity index (χ1n) is 5.43. The van der Waals surface area contributed by atoms with E-state index in [1.54, 1.807) is 18.2 Å². The summed E-state index contributed by atoms with van der Waals surface area (Å²) in [7, 11) is 0. The molecule has 0 aliphatic heterocycles. The number of carbonyl (C=O) groups excluding carboxylic acids is 1. The van der Waals surface area contributed by atoms with Crippen molar-refractivity contribution in [1.29, 1.82) is 0 Å². The average molecular weight is 240 g/mol. The zero-order chi connectivity index (χ0) is 11.5. The highest BCUT2D eigenvalue weighted by Gasteiger charge is 2.21. The van der Waals surface area contributed by atoms with E-state index in [1.807, 2.05) is 0 Å². The lowest BCUT2D eigenvalue weighted by Gasteiger charge is -2.12. The van der Waals surface area contributed by atoms with Crippen molar-refractivity contribution in [2.75, 3.05) is 5.73 Å². The molecule has 16 heavy (non-hydrogen) atoms. The molecular formula is C12H14ClNO2. The zero-order valence-electron chi connectivity index (χ0n) is 8.91. The van der Waals surface area contributed by atoms with Crippen LogP contribution < -0.4 is 5.73 Å². The van der Waals surface area contributed by atoms with Crippen molar-refractivity contribution >= 4 is 23.3 Å². The molecule has 0 bridgehead atoms. The van der Waals surface area contributed by atoms with Gasteiger partial charge in [0.25, 0.3) is 0 Å². The number of anilines is 1.